The summed E-state index contributed by atoms with van der Waals surface area (Å²) in [6, 6.07) is 7.85. The van der Waals surface area contributed by atoms with Crippen LogP contribution in [0.1, 0.15) is 25.0 Å². The highest BCUT2D eigenvalue weighted by atomic mass is 16.1. The van der Waals surface area contributed by atoms with Crippen LogP contribution in [-0.4, -0.2) is 35.4 Å². The SMILES string of the molecule is N#CCCN1CCC(C(=O)NCc2ccccn2)CC1. The van der Waals surface area contributed by atoms with Crippen molar-refractivity contribution >= 4 is 5.91 Å². The number of nitriles is 1. The van der Waals surface area contributed by atoms with Crippen molar-refractivity contribution in [3.05, 3.63) is 30.1 Å². The second kappa shape index (κ2) is 7.61. The number of likely N-dealkylation sites (tertiary alicyclic amines) is 1. The van der Waals surface area contributed by atoms with Crippen molar-refractivity contribution in [1.82, 2.24) is 15.2 Å². The lowest BCUT2D eigenvalue weighted by atomic mass is 9.96. The molecule has 1 fully saturated rings. The van der Waals surface area contributed by atoms with E-state index >= 15 is 0 Å². The molecule has 1 aliphatic rings. The van der Waals surface area contributed by atoms with Gasteiger partial charge in [-0.25, -0.2) is 0 Å². The standard InChI is InChI=1S/C15H20N4O/c16-7-3-9-19-10-5-13(6-11-19)15(20)18-12-14-4-1-2-8-17-14/h1-2,4,8,13H,3,5-6,9-12H2,(H,18,20). The van der Waals surface area contributed by atoms with Crippen LogP contribution in [-0.2, 0) is 11.3 Å². The van der Waals surface area contributed by atoms with E-state index in [4.69, 9.17) is 5.26 Å². The highest BCUT2D eigenvalue weighted by Crippen LogP contribution is 2.17. The first-order valence-electron chi connectivity index (χ1n) is 7.06. The molecule has 0 aliphatic carbocycles. The van der Waals surface area contributed by atoms with Gasteiger partial charge in [-0.15, -0.1) is 0 Å². The molecule has 0 saturated carbocycles. The van der Waals surface area contributed by atoms with Gasteiger partial charge in [-0.2, -0.15) is 5.26 Å². The second-order valence-electron chi connectivity index (χ2n) is 5.06. The summed E-state index contributed by atoms with van der Waals surface area (Å²) in [5, 5.41) is 11.5. The molecular formula is C15H20N4O. The lowest BCUT2D eigenvalue weighted by Crippen LogP contribution is -2.40. The third-order valence-corrected chi connectivity index (χ3v) is 3.67. The number of piperidine rings is 1. The number of nitrogens with zero attached hydrogens (tertiary/aromatic N) is 3. The molecule has 1 saturated heterocycles. The maximum absolute atomic E-state index is 12.1. The number of amides is 1. The van der Waals surface area contributed by atoms with Crippen molar-refractivity contribution in [3.8, 4) is 6.07 Å². The van der Waals surface area contributed by atoms with Gasteiger partial charge in [-0.05, 0) is 38.1 Å². The van der Waals surface area contributed by atoms with Crippen LogP contribution >= 0.6 is 0 Å². The largest absolute Gasteiger partial charge is 0.350 e. The van der Waals surface area contributed by atoms with E-state index in [0.29, 0.717) is 13.0 Å². The van der Waals surface area contributed by atoms with Crippen molar-refractivity contribution in [1.29, 1.82) is 5.26 Å². The third-order valence-electron chi connectivity index (χ3n) is 3.67. The lowest BCUT2D eigenvalue weighted by molar-refractivity contribution is -0.126. The Bertz CT molecular complexity index is 461. The van der Waals surface area contributed by atoms with E-state index < -0.39 is 0 Å². The van der Waals surface area contributed by atoms with E-state index in [0.717, 1.165) is 38.2 Å². The Morgan fingerprint density at radius 3 is 2.90 bits per heavy atom. The summed E-state index contributed by atoms with van der Waals surface area (Å²) in [7, 11) is 0. The van der Waals surface area contributed by atoms with Gasteiger partial charge in [-0.3, -0.25) is 9.78 Å². The van der Waals surface area contributed by atoms with Gasteiger partial charge in [-0.1, -0.05) is 6.07 Å². The first kappa shape index (κ1) is 14.5. The van der Waals surface area contributed by atoms with Crippen molar-refractivity contribution in [3.63, 3.8) is 0 Å². The van der Waals surface area contributed by atoms with Gasteiger partial charge in [0, 0.05) is 25.1 Å². The van der Waals surface area contributed by atoms with E-state index in [2.05, 4.69) is 21.3 Å². The van der Waals surface area contributed by atoms with E-state index in [-0.39, 0.29) is 11.8 Å². The minimum Gasteiger partial charge on any atom is -0.350 e. The molecule has 5 nitrogen and oxygen atoms in total. The predicted molar refractivity (Wildman–Crippen MR) is 75.5 cm³/mol. The topological polar surface area (TPSA) is 69.0 Å². The van der Waals surface area contributed by atoms with Gasteiger partial charge in [0.25, 0.3) is 0 Å². The van der Waals surface area contributed by atoms with Gasteiger partial charge in [0.1, 0.15) is 0 Å². The minimum absolute atomic E-state index is 0.0945. The first-order chi connectivity index (χ1) is 9.79. The van der Waals surface area contributed by atoms with Gasteiger partial charge >= 0.3 is 0 Å². The molecule has 0 atom stereocenters. The van der Waals surface area contributed by atoms with E-state index in [1.165, 1.54) is 0 Å². The normalized spacial score (nSPS) is 16.6. The molecule has 2 heterocycles. The van der Waals surface area contributed by atoms with Crippen molar-refractivity contribution in [2.75, 3.05) is 19.6 Å². The Morgan fingerprint density at radius 2 is 2.25 bits per heavy atom. The third kappa shape index (κ3) is 4.32. The second-order valence-corrected chi connectivity index (χ2v) is 5.06. The zero-order valence-corrected chi connectivity index (χ0v) is 11.6. The highest BCUT2D eigenvalue weighted by Gasteiger charge is 2.24. The lowest BCUT2D eigenvalue weighted by Gasteiger charge is -2.30. The number of aromatic nitrogens is 1. The maximum Gasteiger partial charge on any atom is 0.223 e. The molecule has 0 unspecified atom stereocenters. The molecule has 0 aromatic carbocycles. The van der Waals surface area contributed by atoms with Crippen LogP contribution < -0.4 is 5.32 Å². The number of nitrogens with one attached hydrogen (secondary N) is 1. The van der Waals surface area contributed by atoms with Crippen molar-refractivity contribution in [2.45, 2.75) is 25.8 Å². The Hall–Kier alpha value is -1.93. The van der Waals surface area contributed by atoms with E-state index in [9.17, 15) is 4.79 Å². The maximum atomic E-state index is 12.1. The number of hydrogen-bond donors (Lipinski definition) is 1. The average molecular weight is 272 g/mol. The van der Waals surface area contributed by atoms with Crippen molar-refractivity contribution in [2.24, 2.45) is 5.92 Å². The van der Waals surface area contributed by atoms with E-state index in [1.807, 2.05) is 18.2 Å². The number of pyridine rings is 1. The Labute approximate surface area is 119 Å². The molecule has 1 amide bonds. The van der Waals surface area contributed by atoms with Crippen LogP contribution in [0.4, 0.5) is 0 Å². The van der Waals surface area contributed by atoms with Crippen LogP contribution in [0.15, 0.2) is 24.4 Å². The fourth-order valence-electron chi connectivity index (χ4n) is 2.45. The molecule has 0 radical (unpaired) electrons. The summed E-state index contributed by atoms with van der Waals surface area (Å²) >= 11 is 0. The number of carbonyl (C=O) groups is 1. The summed E-state index contributed by atoms with van der Waals surface area (Å²) < 4.78 is 0. The van der Waals surface area contributed by atoms with Gasteiger partial charge in [0.05, 0.1) is 18.3 Å². The Kier molecular flexibility index (Phi) is 5.51. The Balaban J connectivity index is 1.71. The molecule has 106 valence electrons. The number of rotatable bonds is 5. The van der Waals surface area contributed by atoms with Crippen LogP contribution in [0, 0.1) is 17.2 Å². The zero-order chi connectivity index (χ0) is 14.2. The molecule has 1 N–H and O–H groups in total. The summed E-state index contributed by atoms with van der Waals surface area (Å²) in [6.07, 6.45) is 4.05. The summed E-state index contributed by atoms with van der Waals surface area (Å²) in [6.45, 7) is 3.12. The number of hydrogen-bond acceptors (Lipinski definition) is 4. The smallest absolute Gasteiger partial charge is 0.223 e. The molecule has 5 heteroatoms. The van der Waals surface area contributed by atoms with Gasteiger partial charge in [0.2, 0.25) is 5.91 Å². The number of carbonyl (C=O) groups excluding carboxylic acids is 1. The monoisotopic (exact) mass is 272 g/mol. The fraction of sp³-hybridized carbons (Fsp3) is 0.533. The minimum atomic E-state index is 0.0945. The van der Waals surface area contributed by atoms with Crippen LogP contribution in [0.3, 0.4) is 0 Å². The van der Waals surface area contributed by atoms with Crippen LogP contribution in [0.25, 0.3) is 0 Å². The Morgan fingerprint density at radius 1 is 1.45 bits per heavy atom. The first-order valence-corrected chi connectivity index (χ1v) is 7.06. The predicted octanol–water partition coefficient (Wildman–Crippen LogP) is 1.32. The fourth-order valence-corrected chi connectivity index (χ4v) is 2.45. The highest BCUT2D eigenvalue weighted by molar-refractivity contribution is 5.78. The molecule has 1 aromatic rings. The van der Waals surface area contributed by atoms with Crippen molar-refractivity contribution < 1.29 is 4.79 Å². The molecular weight excluding hydrogens is 252 g/mol. The summed E-state index contributed by atoms with van der Waals surface area (Å²) in [4.78, 5) is 18.5. The molecule has 2 rings (SSSR count). The molecule has 20 heavy (non-hydrogen) atoms. The zero-order valence-electron chi connectivity index (χ0n) is 11.6. The molecule has 0 bridgehead atoms. The van der Waals surface area contributed by atoms with Gasteiger partial charge < -0.3 is 10.2 Å². The van der Waals surface area contributed by atoms with Crippen LogP contribution in [0.5, 0.6) is 0 Å². The molecule has 1 aromatic heterocycles. The quantitative estimate of drug-likeness (QED) is 0.878. The molecule has 0 spiro atoms. The average Bonchev–Trinajstić information content (AvgIpc) is 2.52. The molecule has 1 aliphatic heterocycles. The van der Waals surface area contributed by atoms with E-state index in [1.54, 1.807) is 6.20 Å². The summed E-state index contributed by atoms with van der Waals surface area (Å²) in [5.74, 6) is 0.215. The van der Waals surface area contributed by atoms with Crippen LogP contribution in [0.2, 0.25) is 0 Å². The summed E-state index contributed by atoms with van der Waals surface area (Å²) in [5.41, 5.74) is 0.882. The van der Waals surface area contributed by atoms with Gasteiger partial charge in [0.15, 0.2) is 0 Å².